The van der Waals surface area contributed by atoms with Gasteiger partial charge in [-0.3, -0.25) is 0 Å². The zero-order chi connectivity index (χ0) is 3.58. The van der Waals surface area contributed by atoms with Crippen LogP contribution in [0.15, 0.2) is 0 Å². The predicted octanol–water partition coefficient (Wildman–Crippen LogP) is -2.57. The summed E-state index contributed by atoms with van der Waals surface area (Å²) < 4.78 is 0. The van der Waals surface area contributed by atoms with Gasteiger partial charge in [-0.2, -0.15) is 0 Å². The second kappa shape index (κ2) is 16.2. The van der Waals surface area contributed by atoms with Crippen LogP contribution in [0.25, 0.3) is 0 Å². The van der Waals surface area contributed by atoms with Crippen LogP contribution in [0.1, 0.15) is 0 Å². The molecule has 0 aliphatic rings. The van der Waals surface area contributed by atoms with Crippen LogP contribution in [0.2, 0.25) is 0 Å². The Labute approximate surface area is 63.4 Å². The molecule has 0 aliphatic heterocycles. The molecule has 0 saturated carbocycles. The van der Waals surface area contributed by atoms with Crippen LogP contribution in [0.5, 0.6) is 0 Å². The molecule has 41 valence electrons. The van der Waals surface area contributed by atoms with Gasteiger partial charge >= 0.3 is 36.5 Å². The van der Waals surface area contributed by atoms with Gasteiger partial charge in [-0.15, -0.1) is 0 Å². The molecule has 0 saturated heterocycles. The van der Waals surface area contributed by atoms with E-state index in [0.29, 0.717) is 0 Å². The maximum atomic E-state index is 8.33. The minimum atomic E-state index is -2.33. The van der Waals surface area contributed by atoms with E-state index in [0.717, 1.165) is 0 Å². The fraction of sp³-hybridized carbons (Fsp3) is 0. The van der Waals surface area contributed by atoms with Gasteiger partial charge in [0.25, 0.3) is 0 Å². The summed E-state index contributed by atoms with van der Waals surface area (Å²) in [6.07, 6.45) is -2.33. The van der Waals surface area contributed by atoms with Gasteiger partial charge < -0.3 is 20.5 Å². The summed E-state index contributed by atoms with van der Waals surface area (Å²) >= 11 is 0. The maximum Gasteiger partial charge on any atom is 2.00 e. The zero-order valence-electron chi connectivity index (χ0n) is 3.14. The van der Waals surface area contributed by atoms with E-state index in [4.69, 9.17) is 15.0 Å². The van der Waals surface area contributed by atoms with E-state index in [1.54, 1.807) is 0 Å². The van der Waals surface area contributed by atoms with Crippen molar-refractivity contribution in [1.82, 2.24) is 0 Å². The molecule has 0 atom stereocenters. The Morgan fingerprint density at radius 3 is 1.29 bits per heavy atom. The first-order valence-electron chi connectivity index (χ1n) is 0.612. The second-order valence-electron chi connectivity index (χ2n) is 0.250. The summed E-state index contributed by atoms with van der Waals surface area (Å²) in [7, 11) is 0. The molecular formula is CCuO4Zn. The molecule has 0 aromatic carbocycles. The van der Waals surface area contributed by atoms with Gasteiger partial charge in [-0.25, -0.2) is 0 Å². The molecule has 0 heterocycles. The Bertz CT molecular complexity index is 34.7. The molecule has 0 rings (SSSR count). The SMILES string of the molecule is O=C([O-])[O-].[Cu+2].[O-2].[Zn+2]. The average molecular weight is 205 g/mol. The van der Waals surface area contributed by atoms with Crippen molar-refractivity contribution in [2.24, 2.45) is 0 Å². The van der Waals surface area contributed by atoms with Gasteiger partial charge in [0.1, 0.15) is 0 Å². The van der Waals surface area contributed by atoms with Crippen LogP contribution >= 0.6 is 0 Å². The Morgan fingerprint density at radius 2 is 1.29 bits per heavy atom. The van der Waals surface area contributed by atoms with Crippen molar-refractivity contribution in [3.05, 3.63) is 0 Å². The molecule has 0 aliphatic carbocycles. The van der Waals surface area contributed by atoms with Crippen LogP contribution in [0, 0.1) is 0 Å². The molecule has 7 heavy (non-hydrogen) atoms. The minimum Gasteiger partial charge on any atom is -2.00 e. The van der Waals surface area contributed by atoms with Crippen molar-refractivity contribution >= 4 is 6.16 Å². The average Bonchev–Trinajstić information content (AvgIpc) is 0.811. The number of hydrogen-bond acceptors (Lipinski definition) is 3. The first-order valence-corrected chi connectivity index (χ1v) is 0.612. The van der Waals surface area contributed by atoms with Crippen LogP contribution in [0.4, 0.5) is 4.79 Å². The van der Waals surface area contributed by atoms with E-state index in [9.17, 15) is 0 Å². The molecule has 0 fully saturated rings. The normalized spacial score (nSPS) is 3.43. The molecular weight excluding hydrogens is 205 g/mol. The molecule has 0 unspecified atom stereocenters. The smallest absolute Gasteiger partial charge is 2.00 e. The molecule has 0 bridgehead atoms. The molecule has 0 spiro atoms. The fourth-order valence-corrected chi connectivity index (χ4v) is 0. The van der Waals surface area contributed by atoms with Crippen molar-refractivity contribution in [2.45, 2.75) is 0 Å². The van der Waals surface area contributed by atoms with Crippen molar-refractivity contribution in [3.8, 4) is 0 Å². The summed E-state index contributed by atoms with van der Waals surface area (Å²) in [4.78, 5) is 8.33. The van der Waals surface area contributed by atoms with Gasteiger partial charge in [-0.1, -0.05) is 0 Å². The minimum absolute atomic E-state index is 0. The summed E-state index contributed by atoms with van der Waals surface area (Å²) in [5.41, 5.74) is 0. The molecule has 0 N–H and O–H groups in total. The molecule has 1 radical (unpaired) electrons. The molecule has 0 amide bonds. The first-order chi connectivity index (χ1) is 1.73. The van der Waals surface area contributed by atoms with Gasteiger partial charge in [0.15, 0.2) is 0 Å². The van der Waals surface area contributed by atoms with Crippen molar-refractivity contribution in [2.75, 3.05) is 0 Å². The third-order valence-electron chi connectivity index (χ3n) is 0. The van der Waals surface area contributed by atoms with Crippen molar-refractivity contribution < 1.29 is 57.0 Å². The number of carbonyl (C=O) groups is 1. The zero-order valence-corrected chi connectivity index (χ0v) is 7.05. The van der Waals surface area contributed by atoms with Crippen molar-refractivity contribution in [3.63, 3.8) is 0 Å². The van der Waals surface area contributed by atoms with E-state index in [-0.39, 0.29) is 42.0 Å². The number of rotatable bonds is 0. The quantitative estimate of drug-likeness (QED) is 0.407. The van der Waals surface area contributed by atoms with Crippen LogP contribution < -0.4 is 10.2 Å². The van der Waals surface area contributed by atoms with E-state index in [1.807, 2.05) is 0 Å². The first kappa shape index (κ1) is 26.3. The van der Waals surface area contributed by atoms with E-state index < -0.39 is 6.16 Å². The molecule has 0 aromatic rings. The third kappa shape index (κ3) is 877. The summed E-state index contributed by atoms with van der Waals surface area (Å²) in [5, 5.41) is 16.7. The number of hydrogen-bond donors (Lipinski definition) is 0. The van der Waals surface area contributed by atoms with Gasteiger partial charge in [0.2, 0.25) is 0 Å². The van der Waals surface area contributed by atoms with Gasteiger partial charge in [0, 0.05) is 0 Å². The standard InChI is InChI=1S/CH2O3.Cu.O.Zn/c2-1(3)4;;;/h(H2,2,3,4);;;/q;+2;-2;+2/p-2. The Morgan fingerprint density at radius 1 is 1.29 bits per heavy atom. The molecule has 4 nitrogen and oxygen atoms in total. The predicted molar refractivity (Wildman–Crippen MR) is 6.08 cm³/mol. The van der Waals surface area contributed by atoms with Crippen LogP contribution in [-0.4, -0.2) is 6.16 Å². The second-order valence-corrected chi connectivity index (χ2v) is 0.250. The number of carboxylic acid groups (broad SMARTS) is 2. The number of carbonyl (C=O) groups excluding carboxylic acids is 1. The maximum absolute atomic E-state index is 8.33. The molecule has 0 aromatic heterocycles. The van der Waals surface area contributed by atoms with E-state index in [2.05, 4.69) is 0 Å². The van der Waals surface area contributed by atoms with Crippen molar-refractivity contribution in [1.29, 1.82) is 0 Å². The largest absolute Gasteiger partial charge is 2.00 e. The monoisotopic (exact) mass is 203 g/mol. The Hall–Kier alpha value is 0.373. The van der Waals surface area contributed by atoms with Gasteiger partial charge in [-0.05, 0) is 6.16 Å². The van der Waals surface area contributed by atoms with Crippen LogP contribution in [-0.2, 0) is 42.0 Å². The Balaban J connectivity index is -0.0000000150. The summed E-state index contributed by atoms with van der Waals surface area (Å²) in [5.74, 6) is 0. The fourth-order valence-electron chi connectivity index (χ4n) is 0. The van der Waals surface area contributed by atoms with E-state index in [1.165, 1.54) is 0 Å². The van der Waals surface area contributed by atoms with E-state index >= 15 is 0 Å². The van der Waals surface area contributed by atoms with Crippen LogP contribution in [0.3, 0.4) is 0 Å². The topological polar surface area (TPSA) is 91.7 Å². The Kier molecular flexibility index (Phi) is 60.8. The molecule has 6 heteroatoms. The third-order valence-corrected chi connectivity index (χ3v) is 0. The van der Waals surface area contributed by atoms with Gasteiger partial charge in [0.05, 0.1) is 0 Å². The summed E-state index contributed by atoms with van der Waals surface area (Å²) in [6.45, 7) is 0. The summed E-state index contributed by atoms with van der Waals surface area (Å²) in [6, 6.07) is 0.